The van der Waals surface area contributed by atoms with Crippen LogP contribution in [0.4, 0.5) is 11.5 Å². The van der Waals surface area contributed by atoms with Crippen molar-refractivity contribution in [2.45, 2.75) is 18.9 Å². The van der Waals surface area contributed by atoms with Crippen molar-refractivity contribution < 1.29 is 0 Å². The van der Waals surface area contributed by atoms with E-state index in [4.69, 9.17) is 9.97 Å². The lowest BCUT2D eigenvalue weighted by Gasteiger charge is -2.14. The molecule has 2 N–H and O–H groups in total. The third-order valence-electron chi connectivity index (χ3n) is 4.14. The molecule has 3 aromatic rings. The second-order valence-electron chi connectivity index (χ2n) is 5.87. The number of hydrogen-bond donors (Lipinski definition) is 2. The fourth-order valence-electron chi connectivity index (χ4n) is 2.93. The van der Waals surface area contributed by atoms with Crippen LogP contribution in [0.3, 0.4) is 0 Å². The Balaban J connectivity index is 1.73. The highest BCUT2D eigenvalue weighted by Crippen LogP contribution is 2.26. The maximum absolute atomic E-state index is 4.79. The van der Waals surface area contributed by atoms with Crippen LogP contribution >= 0.6 is 0 Å². The molecule has 0 spiro atoms. The van der Waals surface area contributed by atoms with Gasteiger partial charge in [-0.25, -0.2) is 9.97 Å². The van der Waals surface area contributed by atoms with Crippen LogP contribution in [-0.2, 0) is 0 Å². The monoisotopic (exact) mass is 317 g/mol. The lowest BCUT2D eigenvalue weighted by molar-refractivity contribution is 0.606. The second-order valence-corrected chi connectivity index (χ2v) is 5.87. The lowest BCUT2D eigenvalue weighted by Crippen LogP contribution is -2.16. The van der Waals surface area contributed by atoms with Gasteiger partial charge in [0, 0.05) is 29.7 Å². The fraction of sp³-hybridized carbons (Fsp3) is 0.211. The normalized spacial score (nSPS) is 16.9. The molecule has 1 aliphatic heterocycles. The minimum Gasteiger partial charge on any atom is -0.340 e. The number of aromatic nitrogens is 3. The van der Waals surface area contributed by atoms with Crippen molar-refractivity contribution in [3.05, 3.63) is 66.7 Å². The van der Waals surface area contributed by atoms with Crippen LogP contribution in [-0.4, -0.2) is 21.5 Å². The summed E-state index contributed by atoms with van der Waals surface area (Å²) in [5.41, 5.74) is 2.97. The molecule has 120 valence electrons. The van der Waals surface area contributed by atoms with E-state index in [0.29, 0.717) is 0 Å². The number of benzene rings is 1. The summed E-state index contributed by atoms with van der Waals surface area (Å²) in [6, 6.07) is 16.2. The number of para-hydroxylation sites is 1. The summed E-state index contributed by atoms with van der Waals surface area (Å²) in [5, 5.41) is 6.86. The Labute approximate surface area is 141 Å². The minimum absolute atomic E-state index is 0.225. The van der Waals surface area contributed by atoms with E-state index in [9.17, 15) is 0 Å². The van der Waals surface area contributed by atoms with Crippen LogP contribution in [0.25, 0.3) is 11.3 Å². The predicted octanol–water partition coefficient (Wildman–Crippen LogP) is 3.71. The summed E-state index contributed by atoms with van der Waals surface area (Å²) in [7, 11) is 0. The van der Waals surface area contributed by atoms with Gasteiger partial charge in [0.1, 0.15) is 11.6 Å². The average molecular weight is 317 g/mol. The van der Waals surface area contributed by atoms with Crippen LogP contribution in [0, 0.1) is 0 Å². The summed E-state index contributed by atoms with van der Waals surface area (Å²) in [6.45, 7) is 1.02. The number of hydrogen-bond acceptors (Lipinski definition) is 5. The van der Waals surface area contributed by atoms with Gasteiger partial charge < -0.3 is 10.6 Å². The minimum atomic E-state index is 0.225. The summed E-state index contributed by atoms with van der Waals surface area (Å²) in [4.78, 5) is 13.6. The number of pyridine rings is 1. The first kappa shape index (κ1) is 14.8. The summed E-state index contributed by atoms with van der Waals surface area (Å²) in [5.74, 6) is 1.66. The van der Waals surface area contributed by atoms with Gasteiger partial charge >= 0.3 is 0 Å². The van der Waals surface area contributed by atoms with Crippen LogP contribution < -0.4 is 10.6 Å². The van der Waals surface area contributed by atoms with E-state index in [1.54, 1.807) is 12.4 Å². The highest BCUT2D eigenvalue weighted by Gasteiger charge is 2.20. The van der Waals surface area contributed by atoms with Crippen molar-refractivity contribution in [2.75, 3.05) is 11.9 Å². The molecule has 5 nitrogen and oxygen atoms in total. The first-order valence-corrected chi connectivity index (χ1v) is 8.23. The van der Waals surface area contributed by atoms with E-state index in [2.05, 4.69) is 15.6 Å². The number of nitrogens with one attached hydrogen (secondary N) is 2. The fourth-order valence-corrected chi connectivity index (χ4v) is 2.93. The Kier molecular flexibility index (Phi) is 4.16. The van der Waals surface area contributed by atoms with Crippen molar-refractivity contribution in [3.8, 4) is 11.3 Å². The van der Waals surface area contributed by atoms with E-state index in [1.165, 1.54) is 0 Å². The third-order valence-corrected chi connectivity index (χ3v) is 4.14. The van der Waals surface area contributed by atoms with Crippen LogP contribution in [0.2, 0.25) is 0 Å². The van der Waals surface area contributed by atoms with Gasteiger partial charge in [0.15, 0.2) is 0 Å². The summed E-state index contributed by atoms with van der Waals surface area (Å²) >= 11 is 0. The SMILES string of the molecule is c1ccc(Nc2cc(-c3ccncc3)nc([C@H]3CCCN3)n2)cc1. The molecule has 0 radical (unpaired) electrons. The quantitative estimate of drug-likeness (QED) is 0.768. The highest BCUT2D eigenvalue weighted by atomic mass is 15.1. The van der Waals surface area contributed by atoms with E-state index in [1.807, 2.05) is 48.5 Å². The Morgan fingerprint density at radius 3 is 2.58 bits per heavy atom. The Bertz CT molecular complexity index is 799. The van der Waals surface area contributed by atoms with Crippen LogP contribution in [0.5, 0.6) is 0 Å². The van der Waals surface area contributed by atoms with E-state index < -0.39 is 0 Å². The van der Waals surface area contributed by atoms with Crippen LogP contribution in [0.15, 0.2) is 60.9 Å². The molecule has 1 saturated heterocycles. The van der Waals surface area contributed by atoms with Gasteiger partial charge in [0.05, 0.1) is 11.7 Å². The molecule has 24 heavy (non-hydrogen) atoms. The first-order valence-electron chi connectivity index (χ1n) is 8.23. The molecular formula is C19H19N5. The molecule has 1 fully saturated rings. The molecule has 1 atom stereocenters. The lowest BCUT2D eigenvalue weighted by atomic mass is 10.1. The standard InChI is InChI=1S/C19H19N5/c1-2-5-15(6-3-1)22-18-13-17(14-8-11-20-12-9-14)23-19(24-18)16-7-4-10-21-16/h1-3,5-6,8-9,11-13,16,21H,4,7,10H2,(H,22,23,24)/t16-/m1/s1. The van der Waals surface area contributed by atoms with Gasteiger partial charge in [-0.05, 0) is 43.7 Å². The predicted molar refractivity (Wildman–Crippen MR) is 95.0 cm³/mol. The van der Waals surface area contributed by atoms with Crippen molar-refractivity contribution >= 4 is 11.5 Å². The largest absolute Gasteiger partial charge is 0.340 e. The zero-order valence-electron chi connectivity index (χ0n) is 13.3. The molecule has 1 aliphatic rings. The molecule has 3 heterocycles. The van der Waals surface area contributed by atoms with Crippen molar-refractivity contribution in [2.24, 2.45) is 0 Å². The van der Waals surface area contributed by atoms with Gasteiger partial charge in [-0.3, -0.25) is 4.98 Å². The molecule has 1 aromatic carbocycles. The molecule has 5 heteroatoms. The molecule has 0 aliphatic carbocycles. The van der Waals surface area contributed by atoms with Gasteiger partial charge in [-0.2, -0.15) is 0 Å². The summed E-state index contributed by atoms with van der Waals surface area (Å²) in [6.07, 6.45) is 5.81. The van der Waals surface area contributed by atoms with E-state index >= 15 is 0 Å². The molecule has 0 saturated carbocycles. The number of anilines is 2. The number of nitrogens with zero attached hydrogens (tertiary/aromatic N) is 3. The first-order chi connectivity index (χ1) is 11.9. The summed E-state index contributed by atoms with van der Waals surface area (Å²) < 4.78 is 0. The van der Waals surface area contributed by atoms with Crippen LogP contribution in [0.1, 0.15) is 24.7 Å². The van der Waals surface area contributed by atoms with Gasteiger partial charge in [0.2, 0.25) is 0 Å². The Hall–Kier alpha value is -2.79. The number of rotatable bonds is 4. The molecule has 2 aromatic heterocycles. The molecule has 4 rings (SSSR count). The third kappa shape index (κ3) is 3.26. The smallest absolute Gasteiger partial charge is 0.148 e. The van der Waals surface area contributed by atoms with Gasteiger partial charge in [-0.15, -0.1) is 0 Å². The molecule has 0 amide bonds. The zero-order chi connectivity index (χ0) is 16.2. The Morgan fingerprint density at radius 2 is 1.83 bits per heavy atom. The van der Waals surface area contributed by atoms with E-state index in [-0.39, 0.29) is 6.04 Å². The van der Waals surface area contributed by atoms with E-state index in [0.717, 1.165) is 48.0 Å². The van der Waals surface area contributed by atoms with Crippen molar-refractivity contribution in [3.63, 3.8) is 0 Å². The van der Waals surface area contributed by atoms with Crippen molar-refractivity contribution in [1.82, 2.24) is 20.3 Å². The highest BCUT2D eigenvalue weighted by molar-refractivity contribution is 5.65. The topological polar surface area (TPSA) is 62.7 Å². The maximum atomic E-state index is 4.79. The van der Waals surface area contributed by atoms with Crippen molar-refractivity contribution in [1.29, 1.82) is 0 Å². The average Bonchev–Trinajstić information content (AvgIpc) is 3.18. The Morgan fingerprint density at radius 1 is 1.00 bits per heavy atom. The second kappa shape index (κ2) is 6.76. The van der Waals surface area contributed by atoms with Gasteiger partial charge in [0.25, 0.3) is 0 Å². The molecule has 0 unspecified atom stereocenters. The zero-order valence-corrected chi connectivity index (χ0v) is 13.3. The molecule has 0 bridgehead atoms. The van der Waals surface area contributed by atoms with Gasteiger partial charge in [-0.1, -0.05) is 18.2 Å². The molecular weight excluding hydrogens is 298 g/mol. The maximum Gasteiger partial charge on any atom is 0.148 e.